The van der Waals surface area contributed by atoms with Crippen molar-refractivity contribution in [3.63, 3.8) is 0 Å². The van der Waals surface area contributed by atoms with Gasteiger partial charge in [-0.25, -0.2) is 0 Å². The third-order valence-corrected chi connectivity index (χ3v) is 4.97. The van der Waals surface area contributed by atoms with E-state index in [-0.39, 0.29) is 18.2 Å². The first-order valence-corrected chi connectivity index (χ1v) is 8.59. The minimum Gasteiger partial charge on any atom is -0.497 e. The number of amides is 2. The van der Waals surface area contributed by atoms with Gasteiger partial charge in [0.25, 0.3) is 5.91 Å². The summed E-state index contributed by atoms with van der Waals surface area (Å²) in [6.45, 7) is 2.72. The summed E-state index contributed by atoms with van der Waals surface area (Å²) in [5, 5.41) is 3.03. The van der Waals surface area contributed by atoms with Gasteiger partial charge < -0.3 is 19.7 Å². The average molecular weight is 349 g/mol. The molecule has 0 aliphatic carbocycles. The molecule has 1 N–H and O–H groups in total. The summed E-state index contributed by atoms with van der Waals surface area (Å²) in [5.74, 6) is 0.272. The number of hydrogen-bond acceptors (Lipinski definition) is 6. The van der Waals surface area contributed by atoms with Crippen LogP contribution in [-0.4, -0.2) is 60.5 Å². The Hall–Kier alpha value is -2.06. The Morgan fingerprint density at radius 2 is 2.08 bits per heavy atom. The molecule has 2 amide bonds. The number of morpholine rings is 1. The molecule has 1 saturated heterocycles. The largest absolute Gasteiger partial charge is 0.497 e. The second-order valence-electron chi connectivity index (χ2n) is 5.42. The first-order valence-electron chi connectivity index (χ1n) is 7.71. The van der Waals surface area contributed by atoms with Gasteiger partial charge in [0, 0.05) is 25.2 Å². The molecular weight excluding hydrogens is 330 g/mol. The lowest BCUT2D eigenvalue weighted by atomic mass is 10.2. The highest BCUT2D eigenvalue weighted by molar-refractivity contribution is 8.15. The zero-order valence-corrected chi connectivity index (χ0v) is 14.2. The van der Waals surface area contributed by atoms with Crippen LogP contribution in [0.1, 0.15) is 6.42 Å². The van der Waals surface area contributed by atoms with Crippen LogP contribution < -0.4 is 10.1 Å². The number of carbonyl (C=O) groups excluding carboxylic acids is 2. The molecule has 128 valence electrons. The van der Waals surface area contributed by atoms with Gasteiger partial charge in [-0.3, -0.25) is 9.59 Å². The van der Waals surface area contributed by atoms with Crippen LogP contribution in [0.4, 0.5) is 5.69 Å². The highest BCUT2D eigenvalue weighted by Crippen LogP contribution is 2.28. The quantitative estimate of drug-likeness (QED) is 0.884. The fourth-order valence-electron chi connectivity index (χ4n) is 2.45. The van der Waals surface area contributed by atoms with Crippen molar-refractivity contribution in [1.29, 1.82) is 0 Å². The maximum absolute atomic E-state index is 12.2. The first-order chi connectivity index (χ1) is 11.7. The van der Waals surface area contributed by atoms with E-state index in [0.717, 1.165) is 18.8 Å². The molecule has 1 fully saturated rings. The number of thioether (sulfide) groups is 1. The van der Waals surface area contributed by atoms with Crippen molar-refractivity contribution in [2.24, 2.45) is 4.99 Å². The molecule has 2 heterocycles. The number of anilines is 1. The number of aliphatic imine (C=N–C) groups is 1. The fraction of sp³-hybridized carbons (Fsp3) is 0.438. The minimum absolute atomic E-state index is 0.104. The highest BCUT2D eigenvalue weighted by Gasteiger charge is 2.33. The van der Waals surface area contributed by atoms with Crippen molar-refractivity contribution in [2.45, 2.75) is 11.7 Å². The monoisotopic (exact) mass is 349 g/mol. The maximum Gasteiger partial charge on any atom is 0.262 e. The van der Waals surface area contributed by atoms with Gasteiger partial charge in [-0.05, 0) is 24.3 Å². The summed E-state index contributed by atoms with van der Waals surface area (Å²) in [4.78, 5) is 30.3. The van der Waals surface area contributed by atoms with E-state index in [2.05, 4.69) is 10.3 Å². The van der Waals surface area contributed by atoms with Crippen molar-refractivity contribution in [1.82, 2.24) is 4.90 Å². The lowest BCUT2D eigenvalue weighted by Gasteiger charge is -2.27. The van der Waals surface area contributed by atoms with E-state index in [1.165, 1.54) is 11.8 Å². The summed E-state index contributed by atoms with van der Waals surface area (Å²) in [6, 6.07) is 7.06. The molecule has 8 heteroatoms. The predicted octanol–water partition coefficient (Wildman–Crippen LogP) is 1.35. The summed E-state index contributed by atoms with van der Waals surface area (Å²) < 4.78 is 10.4. The SMILES string of the molecule is COc1ccc(NC(=O)C[C@@H]2SC(N3CCOCC3)=NC2=O)cc1. The number of amidine groups is 1. The zero-order chi connectivity index (χ0) is 16.9. The number of rotatable bonds is 4. The van der Waals surface area contributed by atoms with E-state index in [1.54, 1.807) is 31.4 Å². The van der Waals surface area contributed by atoms with Crippen molar-refractivity contribution in [2.75, 3.05) is 38.7 Å². The normalized spacial score (nSPS) is 20.7. The van der Waals surface area contributed by atoms with E-state index < -0.39 is 5.25 Å². The molecule has 2 aliphatic rings. The van der Waals surface area contributed by atoms with Crippen LogP contribution in [0.15, 0.2) is 29.3 Å². The number of ether oxygens (including phenoxy) is 2. The number of carbonyl (C=O) groups is 2. The van der Waals surface area contributed by atoms with Crippen molar-refractivity contribution in [3.8, 4) is 5.75 Å². The standard InChI is InChI=1S/C16H19N3O4S/c1-22-12-4-2-11(3-5-12)17-14(20)10-13-15(21)18-16(24-13)19-6-8-23-9-7-19/h2-5,13H,6-10H2,1H3,(H,17,20)/t13-/m0/s1. The zero-order valence-electron chi connectivity index (χ0n) is 13.4. The Bertz CT molecular complexity index is 641. The van der Waals surface area contributed by atoms with E-state index in [9.17, 15) is 9.59 Å². The first kappa shape index (κ1) is 16.8. The smallest absolute Gasteiger partial charge is 0.262 e. The van der Waals surface area contributed by atoms with Crippen LogP contribution in [0, 0.1) is 0 Å². The Morgan fingerprint density at radius 3 is 2.75 bits per heavy atom. The molecule has 1 aromatic carbocycles. The van der Waals surface area contributed by atoms with Crippen molar-refractivity contribution < 1.29 is 19.1 Å². The van der Waals surface area contributed by atoms with Crippen LogP contribution in [0.5, 0.6) is 5.75 Å². The van der Waals surface area contributed by atoms with Gasteiger partial charge in [0.1, 0.15) is 11.0 Å². The van der Waals surface area contributed by atoms with E-state index in [0.29, 0.717) is 24.1 Å². The molecule has 0 bridgehead atoms. The third kappa shape index (κ3) is 4.07. The molecule has 1 atom stereocenters. The Kier molecular flexibility index (Phi) is 5.37. The highest BCUT2D eigenvalue weighted by atomic mass is 32.2. The van der Waals surface area contributed by atoms with Gasteiger partial charge >= 0.3 is 0 Å². The molecule has 0 aromatic heterocycles. The predicted molar refractivity (Wildman–Crippen MR) is 92.5 cm³/mol. The summed E-state index contributed by atoms with van der Waals surface area (Å²) in [7, 11) is 1.59. The molecule has 0 radical (unpaired) electrons. The van der Waals surface area contributed by atoms with E-state index >= 15 is 0 Å². The fourth-order valence-corrected chi connectivity index (χ4v) is 3.57. The number of hydrogen-bond donors (Lipinski definition) is 1. The average Bonchev–Trinajstić information content (AvgIpc) is 2.97. The van der Waals surface area contributed by atoms with Crippen molar-refractivity contribution in [3.05, 3.63) is 24.3 Å². The molecule has 2 aliphatic heterocycles. The second kappa shape index (κ2) is 7.67. The van der Waals surface area contributed by atoms with E-state index in [4.69, 9.17) is 9.47 Å². The topological polar surface area (TPSA) is 80.2 Å². The molecule has 0 unspecified atom stereocenters. The number of nitrogens with one attached hydrogen (secondary N) is 1. The van der Waals surface area contributed by atoms with Crippen LogP contribution in [0.25, 0.3) is 0 Å². The van der Waals surface area contributed by atoms with Gasteiger partial charge in [-0.15, -0.1) is 0 Å². The minimum atomic E-state index is -0.457. The Morgan fingerprint density at radius 1 is 1.38 bits per heavy atom. The van der Waals surface area contributed by atoms with Gasteiger partial charge in [0.15, 0.2) is 5.17 Å². The molecule has 0 saturated carbocycles. The van der Waals surface area contributed by atoms with Gasteiger partial charge in [0.2, 0.25) is 5.91 Å². The van der Waals surface area contributed by atoms with Gasteiger partial charge in [-0.2, -0.15) is 4.99 Å². The Labute approximate surface area is 144 Å². The number of nitrogens with zero attached hydrogens (tertiary/aromatic N) is 2. The number of methoxy groups -OCH3 is 1. The number of benzene rings is 1. The lowest BCUT2D eigenvalue weighted by Crippen LogP contribution is -2.39. The Balaban J connectivity index is 1.52. The summed E-state index contributed by atoms with van der Waals surface area (Å²) >= 11 is 1.36. The van der Waals surface area contributed by atoms with Crippen molar-refractivity contribution >= 4 is 34.4 Å². The molecule has 7 nitrogen and oxygen atoms in total. The van der Waals surface area contributed by atoms with Gasteiger partial charge in [0.05, 0.1) is 20.3 Å². The van der Waals surface area contributed by atoms with Crippen LogP contribution in [0.3, 0.4) is 0 Å². The second-order valence-corrected chi connectivity index (χ2v) is 6.59. The van der Waals surface area contributed by atoms with Crippen LogP contribution in [0.2, 0.25) is 0 Å². The molecule has 1 aromatic rings. The molecule has 0 spiro atoms. The lowest BCUT2D eigenvalue weighted by molar-refractivity contribution is -0.121. The third-order valence-electron chi connectivity index (χ3n) is 3.76. The van der Waals surface area contributed by atoms with Crippen LogP contribution in [-0.2, 0) is 14.3 Å². The summed E-state index contributed by atoms with van der Waals surface area (Å²) in [6.07, 6.45) is 0.104. The molecule has 24 heavy (non-hydrogen) atoms. The van der Waals surface area contributed by atoms with Crippen LogP contribution >= 0.6 is 11.8 Å². The van der Waals surface area contributed by atoms with Gasteiger partial charge in [-0.1, -0.05) is 11.8 Å². The molecule has 3 rings (SSSR count). The van der Waals surface area contributed by atoms with E-state index in [1.807, 2.05) is 4.90 Å². The molecular formula is C16H19N3O4S. The summed E-state index contributed by atoms with van der Waals surface area (Å²) in [5.41, 5.74) is 0.672. The maximum atomic E-state index is 12.2.